The van der Waals surface area contributed by atoms with Crippen LogP contribution < -0.4 is 5.32 Å². The lowest BCUT2D eigenvalue weighted by atomic mass is 10.0. The van der Waals surface area contributed by atoms with Gasteiger partial charge in [0.05, 0.1) is 6.04 Å². The van der Waals surface area contributed by atoms with E-state index >= 15 is 0 Å². The van der Waals surface area contributed by atoms with Crippen molar-refractivity contribution in [1.29, 1.82) is 0 Å². The molecule has 23 heavy (non-hydrogen) atoms. The molecule has 2 aromatic rings. The molecule has 0 fully saturated rings. The van der Waals surface area contributed by atoms with E-state index in [1.807, 2.05) is 0 Å². The van der Waals surface area contributed by atoms with E-state index in [4.69, 9.17) is 0 Å². The fourth-order valence-electron chi connectivity index (χ4n) is 2.30. The van der Waals surface area contributed by atoms with E-state index in [9.17, 15) is 23.4 Å². The lowest BCUT2D eigenvalue weighted by Crippen LogP contribution is -2.12. The van der Waals surface area contributed by atoms with E-state index in [0.29, 0.717) is 17.8 Å². The summed E-state index contributed by atoms with van der Waals surface area (Å²) in [5.74, 6) is -3.16. The van der Waals surface area contributed by atoms with E-state index in [0.717, 1.165) is 0 Å². The Balaban J connectivity index is 2.40. The molecule has 0 aliphatic carbocycles. The molecule has 0 aromatic heterocycles. The average Bonchev–Trinajstić information content (AvgIpc) is 2.47. The van der Waals surface area contributed by atoms with Gasteiger partial charge >= 0.3 is 0 Å². The number of aliphatic hydroxyl groups is 1. The van der Waals surface area contributed by atoms with Crippen molar-refractivity contribution in [3.05, 3.63) is 65.0 Å². The summed E-state index contributed by atoms with van der Waals surface area (Å²) < 4.78 is 40.7. The highest BCUT2D eigenvalue weighted by Crippen LogP contribution is 2.31. The van der Waals surface area contributed by atoms with E-state index in [2.05, 4.69) is 5.32 Å². The fraction of sp³-hybridized carbons (Fsp3) is 0.176. The summed E-state index contributed by atoms with van der Waals surface area (Å²) in [5.41, 5.74) is 0.335. The molecule has 0 heterocycles. The van der Waals surface area contributed by atoms with Gasteiger partial charge in [-0.15, -0.1) is 0 Å². The Kier molecular flexibility index (Phi) is 4.83. The molecule has 2 rings (SSSR count). The molecule has 2 aromatic carbocycles. The molecule has 0 amide bonds. The van der Waals surface area contributed by atoms with Crippen LogP contribution in [0.15, 0.2) is 36.4 Å². The first kappa shape index (κ1) is 16.7. The number of aromatic hydroxyl groups is 1. The van der Waals surface area contributed by atoms with Crippen LogP contribution in [0.1, 0.15) is 31.0 Å². The zero-order valence-electron chi connectivity index (χ0n) is 12.6. The third-order valence-corrected chi connectivity index (χ3v) is 3.40. The minimum atomic E-state index is -1.00. The Morgan fingerprint density at radius 3 is 2.30 bits per heavy atom. The molecule has 0 aliphatic rings. The second-order valence-corrected chi connectivity index (χ2v) is 5.05. The molecule has 0 aliphatic heterocycles. The number of hydrogen-bond donors (Lipinski definition) is 3. The van der Waals surface area contributed by atoms with Crippen molar-refractivity contribution in [3.8, 4) is 5.75 Å². The van der Waals surface area contributed by atoms with Crippen LogP contribution in [0.4, 0.5) is 18.9 Å². The Morgan fingerprint density at radius 2 is 1.74 bits per heavy atom. The summed E-state index contributed by atoms with van der Waals surface area (Å²) in [5, 5.41) is 22.3. The summed E-state index contributed by atoms with van der Waals surface area (Å²) in [7, 11) is 0. The van der Waals surface area contributed by atoms with E-state index < -0.39 is 23.5 Å². The molecular weight excluding hydrogens is 307 g/mol. The summed E-state index contributed by atoms with van der Waals surface area (Å²) in [4.78, 5) is 0. The van der Waals surface area contributed by atoms with Gasteiger partial charge in [-0.25, -0.2) is 13.2 Å². The Morgan fingerprint density at radius 1 is 1.13 bits per heavy atom. The molecule has 0 radical (unpaired) electrons. The van der Waals surface area contributed by atoms with Crippen molar-refractivity contribution in [2.45, 2.75) is 19.9 Å². The third-order valence-electron chi connectivity index (χ3n) is 3.40. The average molecular weight is 323 g/mol. The number of benzene rings is 2. The van der Waals surface area contributed by atoms with Crippen LogP contribution in [-0.2, 0) is 0 Å². The number of nitrogens with one attached hydrogen (secondary N) is 1. The standard InChI is InChI=1S/C17H16F3NO2/c1-3-16(23)12-8-11(22)4-5-15(12)21-9(2)17-13(19)6-10(18)7-14(17)20/h3-9,21-23H,1-2H3/b16-3-/t9-/m1/s1. The van der Waals surface area contributed by atoms with Gasteiger partial charge < -0.3 is 15.5 Å². The van der Waals surface area contributed by atoms with Gasteiger partial charge in [-0.2, -0.15) is 0 Å². The van der Waals surface area contributed by atoms with Crippen LogP contribution in [0, 0.1) is 17.5 Å². The van der Waals surface area contributed by atoms with Crippen LogP contribution in [0.3, 0.4) is 0 Å². The van der Waals surface area contributed by atoms with Gasteiger partial charge in [-0.1, -0.05) is 0 Å². The van der Waals surface area contributed by atoms with Gasteiger partial charge in [0.1, 0.15) is 29.0 Å². The number of allylic oxidation sites excluding steroid dienone is 1. The number of aliphatic hydroxyl groups excluding tert-OH is 1. The number of phenols is 1. The first-order chi connectivity index (χ1) is 10.8. The monoisotopic (exact) mass is 323 g/mol. The molecule has 122 valence electrons. The maximum Gasteiger partial charge on any atom is 0.134 e. The Bertz CT molecular complexity index is 736. The topological polar surface area (TPSA) is 52.5 Å². The molecule has 0 unspecified atom stereocenters. The van der Waals surface area contributed by atoms with Crippen molar-refractivity contribution in [2.75, 3.05) is 5.32 Å². The Hall–Kier alpha value is -2.63. The second kappa shape index (κ2) is 6.64. The van der Waals surface area contributed by atoms with E-state index in [-0.39, 0.29) is 22.6 Å². The van der Waals surface area contributed by atoms with Crippen LogP contribution in [-0.4, -0.2) is 10.2 Å². The molecule has 0 spiro atoms. The maximum atomic E-state index is 13.8. The predicted octanol–water partition coefficient (Wildman–Crippen LogP) is 4.90. The zero-order valence-corrected chi connectivity index (χ0v) is 12.6. The molecular formula is C17H16F3NO2. The van der Waals surface area contributed by atoms with Gasteiger partial charge in [0.2, 0.25) is 0 Å². The lowest BCUT2D eigenvalue weighted by molar-refractivity contribution is 0.472. The normalized spacial score (nSPS) is 13.0. The van der Waals surface area contributed by atoms with Crippen molar-refractivity contribution < 1.29 is 23.4 Å². The van der Waals surface area contributed by atoms with Gasteiger partial charge in [-0.3, -0.25) is 0 Å². The van der Waals surface area contributed by atoms with Crippen LogP contribution in [0.25, 0.3) is 5.76 Å². The molecule has 0 saturated carbocycles. The number of hydrogen-bond acceptors (Lipinski definition) is 3. The SMILES string of the molecule is C/C=C(\O)c1cc(O)ccc1N[C@H](C)c1c(F)cc(F)cc1F. The fourth-order valence-corrected chi connectivity index (χ4v) is 2.30. The number of rotatable bonds is 4. The van der Waals surface area contributed by atoms with Crippen LogP contribution in [0.2, 0.25) is 0 Å². The number of halogens is 3. The number of phenolic OH excluding ortho intramolecular Hbond substituents is 1. The third kappa shape index (κ3) is 3.59. The van der Waals surface area contributed by atoms with Gasteiger partial charge in [-0.05, 0) is 38.1 Å². The van der Waals surface area contributed by atoms with E-state index in [1.165, 1.54) is 31.2 Å². The smallest absolute Gasteiger partial charge is 0.134 e. The van der Waals surface area contributed by atoms with Gasteiger partial charge in [0.15, 0.2) is 0 Å². The number of anilines is 1. The van der Waals surface area contributed by atoms with Gasteiger partial charge in [0, 0.05) is 28.9 Å². The quantitative estimate of drug-likeness (QED) is 0.554. The van der Waals surface area contributed by atoms with Crippen LogP contribution >= 0.6 is 0 Å². The van der Waals surface area contributed by atoms with Crippen molar-refractivity contribution in [3.63, 3.8) is 0 Å². The lowest BCUT2D eigenvalue weighted by Gasteiger charge is -2.19. The summed E-state index contributed by atoms with van der Waals surface area (Å²) in [6.45, 7) is 3.11. The highest BCUT2D eigenvalue weighted by atomic mass is 19.1. The van der Waals surface area contributed by atoms with Crippen molar-refractivity contribution in [2.24, 2.45) is 0 Å². The molecule has 6 heteroatoms. The van der Waals surface area contributed by atoms with Crippen molar-refractivity contribution >= 4 is 11.4 Å². The predicted molar refractivity (Wildman–Crippen MR) is 82.7 cm³/mol. The summed E-state index contributed by atoms with van der Waals surface area (Å²) in [6, 6.07) is 4.56. The highest BCUT2D eigenvalue weighted by Gasteiger charge is 2.19. The second-order valence-electron chi connectivity index (χ2n) is 5.05. The summed E-state index contributed by atoms with van der Waals surface area (Å²) in [6.07, 6.45) is 1.42. The largest absolute Gasteiger partial charge is 0.508 e. The zero-order chi connectivity index (χ0) is 17.1. The minimum absolute atomic E-state index is 0.0641. The summed E-state index contributed by atoms with van der Waals surface area (Å²) >= 11 is 0. The molecule has 3 nitrogen and oxygen atoms in total. The highest BCUT2D eigenvalue weighted by molar-refractivity contribution is 5.73. The first-order valence-corrected chi connectivity index (χ1v) is 6.93. The Labute approximate surface area is 131 Å². The first-order valence-electron chi connectivity index (χ1n) is 6.93. The molecule has 0 bridgehead atoms. The molecule has 1 atom stereocenters. The molecule has 0 saturated heterocycles. The van der Waals surface area contributed by atoms with Gasteiger partial charge in [0.25, 0.3) is 0 Å². The van der Waals surface area contributed by atoms with Crippen molar-refractivity contribution in [1.82, 2.24) is 0 Å². The molecule has 3 N–H and O–H groups in total. The van der Waals surface area contributed by atoms with E-state index in [1.54, 1.807) is 6.92 Å². The van der Waals surface area contributed by atoms with Crippen LogP contribution in [0.5, 0.6) is 5.75 Å². The minimum Gasteiger partial charge on any atom is -0.508 e. The maximum absolute atomic E-state index is 13.8.